The Bertz CT molecular complexity index is 558. The number of nitrogens with two attached hydrogens (primary N) is 1. The fraction of sp³-hybridized carbons (Fsp3) is 0.500. The molecule has 19 heavy (non-hydrogen) atoms. The number of rotatable bonds is 5. The lowest BCUT2D eigenvalue weighted by atomic mass is 10.2. The van der Waals surface area contributed by atoms with E-state index in [1.165, 1.54) is 10.4 Å². The predicted molar refractivity (Wildman–Crippen MR) is 79.4 cm³/mol. The molecular formula is C12H19BrN2O3S. The molecular weight excluding hydrogens is 332 g/mol. The zero-order chi connectivity index (χ0) is 14.8. The van der Waals surface area contributed by atoms with Gasteiger partial charge < -0.3 is 10.8 Å². The maximum absolute atomic E-state index is 12.6. The van der Waals surface area contributed by atoms with E-state index in [1.807, 2.05) is 0 Å². The Hall–Kier alpha value is -0.630. The molecule has 1 rings (SSSR count). The zero-order valence-electron chi connectivity index (χ0n) is 11.2. The van der Waals surface area contributed by atoms with Crippen LogP contribution in [0.3, 0.4) is 0 Å². The van der Waals surface area contributed by atoms with E-state index in [0.717, 1.165) is 0 Å². The summed E-state index contributed by atoms with van der Waals surface area (Å²) in [6.45, 7) is 5.10. The molecule has 0 unspecified atom stereocenters. The molecule has 7 heteroatoms. The lowest BCUT2D eigenvalue weighted by Crippen LogP contribution is -2.39. The molecule has 0 aromatic heterocycles. The summed E-state index contributed by atoms with van der Waals surface area (Å²) in [4.78, 5) is 0.176. The molecule has 0 spiro atoms. The molecule has 0 aliphatic rings. The average molecular weight is 351 g/mol. The van der Waals surface area contributed by atoms with Crippen molar-refractivity contribution in [2.75, 3.05) is 18.9 Å². The van der Waals surface area contributed by atoms with Crippen molar-refractivity contribution in [1.82, 2.24) is 4.31 Å². The number of sulfonamides is 1. The van der Waals surface area contributed by atoms with Gasteiger partial charge in [-0.2, -0.15) is 4.31 Å². The first kappa shape index (κ1) is 16.4. The highest BCUT2D eigenvalue weighted by atomic mass is 79.9. The minimum absolute atomic E-state index is 0.0649. The smallest absolute Gasteiger partial charge is 0.243 e. The van der Waals surface area contributed by atoms with Gasteiger partial charge in [0, 0.05) is 22.7 Å². The zero-order valence-corrected chi connectivity index (χ0v) is 13.6. The molecule has 0 fully saturated rings. The van der Waals surface area contributed by atoms with Crippen LogP contribution in [-0.4, -0.2) is 37.0 Å². The molecule has 1 aromatic rings. The number of halogens is 1. The third-order valence-electron chi connectivity index (χ3n) is 2.78. The van der Waals surface area contributed by atoms with Gasteiger partial charge in [-0.05, 0) is 54.4 Å². The molecule has 0 aliphatic heterocycles. The second kappa shape index (κ2) is 6.21. The van der Waals surface area contributed by atoms with Crippen LogP contribution in [0.25, 0.3) is 0 Å². The fourth-order valence-corrected chi connectivity index (χ4v) is 4.16. The third kappa shape index (κ3) is 3.47. The molecule has 0 radical (unpaired) electrons. The van der Waals surface area contributed by atoms with Crippen LogP contribution in [0.5, 0.6) is 0 Å². The Labute approximate surface area is 122 Å². The van der Waals surface area contributed by atoms with Gasteiger partial charge in [0.1, 0.15) is 0 Å². The summed E-state index contributed by atoms with van der Waals surface area (Å²) in [6, 6.07) is 2.89. The Morgan fingerprint density at radius 3 is 2.47 bits per heavy atom. The lowest BCUT2D eigenvalue weighted by Gasteiger charge is -2.26. The van der Waals surface area contributed by atoms with Crippen LogP contribution in [-0.2, 0) is 10.0 Å². The highest BCUT2D eigenvalue weighted by molar-refractivity contribution is 9.10. The van der Waals surface area contributed by atoms with Gasteiger partial charge in [-0.25, -0.2) is 8.42 Å². The summed E-state index contributed by atoms with van der Waals surface area (Å²) in [7, 11) is -3.66. The summed E-state index contributed by atoms with van der Waals surface area (Å²) in [5, 5.41) is 9.03. The maximum atomic E-state index is 12.6. The normalized spacial score (nSPS) is 12.4. The van der Waals surface area contributed by atoms with Crippen molar-refractivity contribution >= 4 is 31.6 Å². The van der Waals surface area contributed by atoms with E-state index in [4.69, 9.17) is 10.8 Å². The van der Waals surface area contributed by atoms with E-state index >= 15 is 0 Å². The monoisotopic (exact) mass is 350 g/mol. The first-order valence-corrected chi connectivity index (χ1v) is 8.13. The van der Waals surface area contributed by atoms with E-state index < -0.39 is 10.0 Å². The summed E-state index contributed by atoms with van der Waals surface area (Å²) in [5.41, 5.74) is 6.74. The largest absolute Gasteiger partial charge is 0.398 e. The first-order chi connectivity index (χ1) is 8.71. The number of hydrogen-bond acceptors (Lipinski definition) is 4. The van der Waals surface area contributed by atoms with Crippen LogP contribution >= 0.6 is 15.9 Å². The van der Waals surface area contributed by atoms with Crippen molar-refractivity contribution in [3.63, 3.8) is 0 Å². The highest BCUT2D eigenvalue weighted by Gasteiger charge is 2.28. The summed E-state index contributed by atoms with van der Waals surface area (Å²) >= 11 is 3.27. The second-order valence-electron chi connectivity index (χ2n) is 4.57. The first-order valence-electron chi connectivity index (χ1n) is 5.90. The van der Waals surface area contributed by atoms with Crippen LogP contribution in [0.1, 0.15) is 19.4 Å². The fourth-order valence-electron chi connectivity index (χ4n) is 1.83. The number of hydrogen-bond donors (Lipinski definition) is 2. The van der Waals surface area contributed by atoms with Crippen molar-refractivity contribution in [3.05, 3.63) is 22.2 Å². The quantitative estimate of drug-likeness (QED) is 0.792. The van der Waals surface area contributed by atoms with Crippen molar-refractivity contribution in [2.45, 2.75) is 31.7 Å². The van der Waals surface area contributed by atoms with Crippen molar-refractivity contribution in [3.8, 4) is 0 Å². The molecule has 0 atom stereocenters. The third-order valence-corrected chi connectivity index (χ3v) is 5.68. The summed E-state index contributed by atoms with van der Waals surface area (Å²) in [5.74, 6) is 0. The van der Waals surface area contributed by atoms with E-state index in [-0.39, 0.29) is 24.1 Å². The van der Waals surface area contributed by atoms with Gasteiger partial charge >= 0.3 is 0 Å². The van der Waals surface area contributed by atoms with E-state index in [1.54, 1.807) is 26.8 Å². The Morgan fingerprint density at radius 1 is 1.42 bits per heavy atom. The molecule has 5 nitrogen and oxygen atoms in total. The van der Waals surface area contributed by atoms with Gasteiger partial charge in [0.15, 0.2) is 0 Å². The van der Waals surface area contributed by atoms with Gasteiger partial charge in [-0.1, -0.05) is 0 Å². The summed E-state index contributed by atoms with van der Waals surface area (Å²) in [6.07, 6.45) is 0. The Balaban J connectivity index is 3.37. The van der Waals surface area contributed by atoms with Crippen molar-refractivity contribution in [2.24, 2.45) is 0 Å². The van der Waals surface area contributed by atoms with E-state index in [2.05, 4.69) is 15.9 Å². The van der Waals surface area contributed by atoms with E-state index in [0.29, 0.717) is 15.7 Å². The Kier molecular flexibility index (Phi) is 5.37. The van der Waals surface area contributed by atoms with Gasteiger partial charge in [0.2, 0.25) is 10.0 Å². The number of aliphatic hydroxyl groups is 1. The van der Waals surface area contributed by atoms with Crippen molar-refractivity contribution < 1.29 is 13.5 Å². The molecule has 0 saturated heterocycles. The average Bonchev–Trinajstić information content (AvgIpc) is 2.29. The minimum atomic E-state index is -3.66. The number of nitrogen functional groups attached to an aromatic ring is 1. The lowest BCUT2D eigenvalue weighted by molar-refractivity contribution is 0.236. The van der Waals surface area contributed by atoms with Crippen LogP contribution < -0.4 is 5.73 Å². The molecule has 0 aliphatic carbocycles. The van der Waals surface area contributed by atoms with Crippen molar-refractivity contribution in [1.29, 1.82) is 0 Å². The van der Waals surface area contributed by atoms with Crippen LogP contribution in [0, 0.1) is 6.92 Å². The predicted octanol–water partition coefficient (Wildman–Crippen LogP) is 1.73. The number of aryl methyl sites for hydroxylation is 1. The molecule has 0 heterocycles. The number of benzene rings is 1. The van der Waals surface area contributed by atoms with Gasteiger partial charge in [0.25, 0.3) is 0 Å². The van der Waals surface area contributed by atoms with Crippen LogP contribution in [0.15, 0.2) is 21.5 Å². The van der Waals surface area contributed by atoms with Crippen LogP contribution in [0.2, 0.25) is 0 Å². The number of nitrogens with zero attached hydrogens (tertiary/aromatic N) is 1. The molecule has 108 valence electrons. The van der Waals surface area contributed by atoms with Crippen LogP contribution in [0.4, 0.5) is 5.69 Å². The van der Waals surface area contributed by atoms with Gasteiger partial charge in [-0.3, -0.25) is 0 Å². The Morgan fingerprint density at radius 2 is 2.00 bits per heavy atom. The topological polar surface area (TPSA) is 83.6 Å². The maximum Gasteiger partial charge on any atom is 0.243 e. The molecule has 0 amide bonds. The van der Waals surface area contributed by atoms with Gasteiger partial charge in [0.05, 0.1) is 11.5 Å². The number of aliphatic hydroxyl groups excluding tert-OH is 1. The highest BCUT2D eigenvalue weighted by Crippen LogP contribution is 2.29. The molecule has 0 bridgehead atoms. The second-order valence-corrected chi connectivity index (χ2v) is 7.29. The van der Waals surface area contributed by atoms with Gasteiger partial charge in [-0.15, -0.1) is 0 Å². The number of anilines is 1. The molecule has 3 N–H and O–H groups in total. The standard InChI is InChI=1S/C12H19BrN2O3S/c1-8(2)15(4-5-16)19(17,18)12-7-11(14)10(13)6-9(12)3/h6-8,16H,4-5,14H2,1-3H3. The van der Waals surface area contributed by atoms with E-state index in [9.17, 15) is 8.42 Å². The summed E-state index contributed by atoms with van der Waals surface area (Å²) < 4.78 is 27.1. The molecule has 1 aromatic carbocycles. The SMILES string of the molecule is Cc1cc(Br)c(N)cc1S(=O)(=O)N(CCO)C(C)C. The minimum Gasteiger partial charge on any atom is -0.398 e. The molecule has 0 saturated carbocycles.